The minimum absolute atomic E-state index is 0. The van der Waals surface area contributed by atoms with Gasteiger partial charge >= 0.3 is 0 Å². The minimum atomic E-state index is 0. The van der Waals surface area contributed by atoms with Crippen molar-refractivity contribution in [3.63, 3.8) is 0 Å². The van der Waals surface area contributed by atoms with E-state index in [1.807, 2.05) is 36.4 Å². The number of nitrogens with zero attached hydrogens (tertiary/aromatic N) is 1. The Morgan fingerprint density at radius 3 is 1.76 bits per heavy atom. The first-order chi connectivity index (χ1) is 6.43. The van der Waals surface area contributed by atoms with E-state index in [0.29, 0.717) is 0 Å². The summed E-state index contributed by atoms with van der Waals surface area (Å²) in [6.07, 6.45) is 3.46. The maximum absolute atomic E-state index is 4.91. The number of ether oxygens (including phenoxy) is 1. The Kier molecular flexibility index (Phi) is 23.4. The van der Waals surface area contributed by atoms with Crippen LogP contribution in [-0.2, 0) is 0 Å². The molecule has 0 fully saturated rings. The second-order valence-corrected chi connectivity index (χ2v) is 2.28. The molecule has 0 unspecified atom stereocenters. The SMILES string of the molecule is COc1ccccc1.F.F.F.F.c1cn[nH]c1. The molecule has 2 aromatic rings. The van der Waals surface area contributed by atoms with Gasteiger partial charge in [0.15, 0.2) is 0 Å². The minimum Gasteiger partial charge on any atom is -0.497 e. The molecular weight excluding hydrogens is 240 g/mol. The van der Waals surface area contributed by atoms with E-state index in [9.17, 15) is 0 Å². The third-order valence-corrected chi connectivity index (χ3v) is 1.38. The Morgan fingerprint density at radius 1 is 0.941 bits per heavy atom. The highest BCUT2D eigenvalue weighted by atomic mass is 19.0. The number of halogens is 4. The van der Waals surface area contributed by atoms with Gasteiger partial charge in [-0.3, -0.25) is 23.9 Å². The maximum atomic E-state index is 4.91. The molecule has 0 radical (unpaired) electrons. The summed E-state index contributed by atoms with van der Waals surface area (Å²) in [7, 11) is 1.66. The number of hydrogen-bond donors (Lipinski definition) is 1. The van der Waals surface area contributed by atoms with Crippen LogP contribution in [0.2, 0.25) is 0 Å². The summed E-state index contributed by atoms with van der Waals surface area (Å²) in [6, 6.07) is 11.5. The smallest absolute Gasteiger partial charge is 0.118 e. The molecule has 100 valence electrons. The standard InChI is InChI=1S/C7H8O.C3H4N2.4FH/c1-8-7-5-3-2-4-6-7;1-2-4-5-3-1;;;;/h2-6H,1H3;1-3H,(H,4,5);4*1H. The fourth-order valence-electron chi connectivity index (χ4n) is 0.772. The van der Waals surface area contributed by atoms with Gasteiger partial charge in [0.25, 0.3) is 0 Å². The predicted molar refractivity (Wildman–Crippen MR) is 61.6 cm³/mol. The zero-order valence-electron chi connectivity index (χ0n) is 9.11. The summed E-state index contributed by atoms with van der Waals surface area (Å²) in [5.41, 5.74) is 0. The van der Waals surface area contributed by atoms with Gasteiger partial charge in [-0.25, -0.2) is 0 Å². The fraction of sp³-hybridized carbons (Fsp3) is 0.100. The quantitative estimate of drug-likeness (QED) is 0.797. The van der Waals surface area contributed by atoms with Crippen molar-refractivity contribution < 1.29 is 23.6 Å². The molecule has 0 bridgehead atoms. The van der Waals surface area contributed by atoms with E-state index >= 15 is 0 Å². The molecular formula is C10H16F4N2O. The molecule has 0 atom stereocenters. The molecule has 0 aliphatic heterocycles. The highest BCUT2D eigenvalue weighted by Crippen LogP contribution is 2.05. The zero-order valence-corrected chi connectivity index (χ0v) is 9.11. The van der Waals surface area contributed by atoms with E-state index < -0.39 is 0 Å². The summed E-state index contributed by atoms with van der Waals surface area (Å²) >= 11 is 0. The highest BCUT2D eigenvalue weighted by Gasteiger charge is 1.80. The molecule has 1 heterocycles. The van der Waals surface area contributed by atoms with Gasteiger partial charge in [-0.2, -0.15) is 5.10 Å². The topological polar surface area (TPSA) is 37.9 Å². The summed E-state index contributed by atoms with van der Waals surface area (Å²) < 4.78 is 4.91. The van der Waals surface area contributed by atoms with Crippen LogP contribution < -0.4 is 4.74 Å². The van der Waals surface area contributed by atoms with Crippen LogP contribution in [0.4, 0.5) is 18.8 Å². The molecule has 0 spiro atoms. The van der Waals surface area contributed by atoms with Crippen LogP contribution in [0.5, 0.6) is 5.75 Å². The first-order valence-corrected chi connectivity index (χ1v) is 3.96. The van der Waals surface area contributed by atoms with E-state index in [1.165, 1.54) is 0 Å². The lowest BCUT2D eigenvalue weighted by Crippen LogP contribution is -1.78. The Morgan fingerprint density at radius 2 is 1.53 bits per heavy atom. The van der Waals surface area contributed by atoms with Gasteiger partial charge in [-0.15, -0.1) is 0 Å². The van der Waals surface area contributed by atoms with E-state index in [-0.39, 0.29) is 18.8 Å². The zero-order chi connectivity index (χ0) is 9.36. The molecule has 3 nitrogen and oxygen atoms in total. The van der Waals surface area contributed by atoms with Crippen molar-refractivity contribution in [3.05, 3.63) is 48.8 Å². The molecule has 1 aromatic carbocycles. The van der Waals surface area contributed by atoms with Crippen molar-refractivity contribution in [2.75, 3.05) is 7.11 Å². The normalized spacial score (nSPS) is 6.41. The van der Waals surface area contributed by atoms with Gasteiger partial charge in [-0.1, -0.05) is 18.2 Å². The van der Waals surface area contributed by atoms with Crippen molar-refractivity contribution in [1.82, 2.24) is 10.2 Å². The summed E-state index contributed by atoms with van der Waals surface area (Å²) in [5.74, 6) is 0.910. The predicted octanol–water partition coefficient (Wildman–Crippen LogP) is 2.71. The third kappa shape index (κ3) is 11.9. The molecule has 0 aliphatic carbocycles. The number of rotatable bonds is 1. The monoisotopic (exact) mass is 256 g/mol. The van der Waals surface area contributed by atoms with Crippen LogP contribution in [0.3, 0.4) is 0 Å². The molecule has 0 aliphatic rings. The number of methoxy groups -OCH3 is 1. The first-order valence-electron chi connectivity index (χ1n) is 3.96. The van der Waals surface area contributed by atoms with Crippen molar-refractivity contribution >= 4 is 0 Å². The van der Waals surface area contributed by atoms with Crippen molar-refractivity contribution in [3.8, 4) is 5.75 Å². The van der Waals surface area contributed by atoms with Crippen molar-refractivity contribution in [2.45, 2.75) is 0 Å². The van der Waals surface area contributed by atoms with Crippen LogP contribution in [0.1, 0.15) is 0 Å². The van der Waals surface area contributed by atoms with E-state index in [0.717, 1.165) is 5.75 Å². The van der Waals surface area contributed by atoms with E-state index in [4.69, 9.17) is 4.74 Å². The lowest BCUT2D eigenvalue weighted by Gasteiger charge is -1.93. The number of H-pyrrole nitrogens is 1. The van der Waals surface area contributed by atoms with E-state index in [1.54, 1.807) is 19.5 Å². The number of para-hydroxylation sites is 1. The summed E-state index contributed by atoms with van der Waals surface area (Å²) in [6.45, 7) is 0. The maximum Gasteiger partial charge on any atom is 0.118 e. The van der Waals surface area contributed by atoms with Crippen LogP contribution in [0.15, 0.2) is 48.8 Å². The highest BCUT2D eigenvalue weighted by molar-refractivity contribution is 5.20. The fourth-order valence-corrected chi connectivity index (χ4v) is 0.772. The van der Waals surface area contributed by atoms with E-state index in [2.05, 4.69) is 10.2 Å². The second kappa shape index (κ2) is 16.4. The number of hydrogen-bond acceptors (Lipinski definition) is 2. The average Bonchev–Trinajstić information content (AvgIpc) is 2.77. The lowest BCUT2D eigenvalue weighted by atomic mass is 10.3. The van der Waals surface area contributed by atoms with Crippen LogP contribution in [0, 0.1) is 0 Å². The Labute approximate surface area is 96.3 Å². The average molecular weight is 256 g/mol. The molecule has 0 saturated carbocycles. The van der Waals surface area contributed by atoms with Gasteiger partial charge in [0.1, 0.15) is 5.75 Å². The molecule has 0 saturated heterocycles. The molecule has 1 N–H and O–H groups in total. The first kappa shape index (κ1) is 24.3. The number of aromatic nitrogens is 2. The van der Waals surface area contributed by atoms with Crippen molar-refractivity contribution in [1.29, 1.82) is 0 Å². The Balaban J connectivity index is -0.0000000849. The van der Waals surface area contributed by atoms with Gasteiger partial charge in [-0.05, 0) is 18.2 Å². The summed E-state index contributed by atoms with van der Waals surface area (Å²) in [4.78, 5) is 0. The van der Waals surface area contributed by atoms with Crippen LogP contribution in [0.25, 0.3) is 0 Å². The van der Waals surface area contributed by atoms with Gasteiger partial charge < -0.3 is 4.74 Å². The summed E-state index contributed by atoms with van der Waals surface area (Å²) in [5, 5.41) is 6.21. The largest absolute Gasteiger partial charge is 0.497 e. The molecule has 1 aromatic heterocycles. The Hall–Kier alpha value is -2.05. The Bertz CT molecular complexity index is 288. The number of nitrogens with one attached hydrogen (secondary N) is 1. The van der Waals surface area contributed by atoms with Crippen LogP contribution >= 0.6 is 0 Å². The molecule has 7 heteroatoms. The number of benzene rings is 1. The van der Waals surface area contributed by atoms with Gasteiger partial charge in [0.05, 0.1) is 7.11 Å². The van der Waals surface area contributed by atoms with Crippen molar-refractivity contribution in [2.24, 2.45) is 0 Å². The molecule has 17 heavy (non-hydrogen) atoms. The van der Waals surface area contributed by atoms with Gasteiger partial charge in [0.2, 0.25) is 0 Å². The van der Waals surface area contributed by atoms with Gasteiger partial charge in [0, 0.05) is 12.4 Å². The second-order valence-electron chi connectivity index (χ2n) is 2.28. The molecule has 2 rings (SSSR count). The molecule has 0 amide bonds. The third-order valence-electron chi connectivity index (χ3n) is 1.38. The number of aromatic amines is 1. The lowest BCUT2D eigenvalue weighted by molar-refractivity contribution is 0.415. The van der Waals surface area contributed by atoms with Crippen LogP contribution in [-0.4, -0.2) is 17.3 Å².